The summed E-state index contributed by atoms with van der Waals surface area (Å²) in [5, 5.41) is 8.58. The number of carbonyl (C=O) groups is 1. The van der Waals surface area contributed by atoms with Crippen LogP contribution < -0.4 is 0 Å². The van der Waals surface area contributed by atoms with Crippen LogP contribution in [0.5, 0.6) is 0 Å². The number of hydrogen-bond acceptors (Lipinski definition) is 3. The van der Waals surface area contributed by atoms with Crippen molar-refractivity contribution in [1.82, 2.24) is 0 Å². The summed E-state index contributed by atoms with van der Waals surface area (Å²) in [6.07, 6.45) is 2.69. The highest BCUT2D eigenvalue weighted by Gasteiger charge is 2.08. The topological polar surface area (TPSA) is 55.8 Å². The molecular weight excluding hydrogens is 256 g/mol. The minimum atomic E-state index is -0.953. The molecule has 0 aromatic heterocycles. The van der Waals surface area contributed by atoms with Gasteiger partial charge in [0.1, 0.15) is 0 Å². The van der Waals surface area contributed by atoms with Crippen molar-refractivity contribution in [2.75, 3.05) is 13.2 Å². The van der Waals surface area contributed by atoms with Crippen molar-refractivity contribution < 1.29 is 19.4 Å². The van der Waals surface area contributed by atoms with E-state index in [0.29, 0.717) is 19.8 Å². The summed E-state index contributed by atoms with van der Waals surface area (Å²) < 4.78 is 11.1. The van der Waals surface area contributed by atoms with Crippen molar-refractivity contribution in [1.29, 1.82) is 0 Å². The van der Waals surface area contributed by atoms with E-state index in [1.807, 2.05) is 45.0 Å². The van der Waals surface area contributed by atoms with Crippen LogP contribution in [-0.4, -0.2) is 29.9 Å². The van der Waals surface area contributed by atoms with Gasteiger partial charge in [0.2, 0.25) is 0 Å². The van der Waals surface area contributed by atoms with E-state index in [0.717, 1.165) is 17.2 Å². The van der Waals surface area contributed by atoms with Gasteiger partial charge in [-0.05, 0) is 44.0 Å². The lowest BCUT2D eigenvalue weighted by molar-refractivity contribution is -0.131. The Labute approximate surface area is 120 Å². The summed E-state index contributed by atoms with van der Waals surface area (Å²) in [7, 11) is 0. The first kappa shape index (κ1) is 16.4. The average Bonchev–Trinajstić information content (AvgIpc) is 2.35. The monoisotopic (exact) mass is 278 g/mol. The zero-order chi connectivity index (χ0) is 15.0. The van der Waals surface area contributed by atoms with Gasteiger partial charge < -0.3 is 14.6 Å². The lowest BCUT2D eigenvalue weighted by Gasteiger charge is -2.19. The van der Waals surface area contributed by atoms with Crippen LogP contribution >= 0.6 is 0 Å². The summed E-state index contributed by atoms with van der Waals surface area (Å²) in [6.45, 7) is 7.60. The van der Waals surface area contributed by atoms with E-state index in [1.54, 1.807) is 6.08 Å². The first-order chi connectivity index (χ1) is 9.37. The largest absolute Gasteiger partial charge is 0.478 e. The van der Waals surface area contributed by atoms with Crippen molar-refractivity contribution >= 4 is 12.0 Å². The summed E-state index contributed by atoms with van der Waals surface area (Å²) in [6, 6.07) is 7.59. The number of benzene rings is 1. The van der Waals surface area contributed by atoms with Crippen molar-refractivity contribution in [2.24, 2.45) is 0 Å². The van der Waals surface area contributed by atoms with Gasteiger partial charge in [0.25, 0.3) is 0 Å². The number of aliphatic carboxylic acids is 1. The third kappa shape index (κ3) is 7.71. The molecule has 1 aromatic rings. The SMILES string of the molecule is CC(C)(C)OCCOCc1cccc(/C=C/C(=O)O)c1. The zero-order valence-electron chi connectivity index (χ0n) is 12.3. The predicted molar refractivity (Wildman–Crippen MR) is 78.5 cm³/mol. The Morgan fingerprint density at radius 3 is 2.70 bits per heavy atom. The molecule has 0 unspecified atom stereocenters. The standard InChI is InChI=1S/C16H22O4/c1-16(2,3)20-10-9-19-12-14-6-4-5-13(11-14)7-8-15(17)18/h4-8,11H,9-10,12H2,1-3H3,(H,17,18)/b8-7+. The fraction of sp³-hybridized carbons (Fsp3) is 0.438. The molecule has 20 heavy (non-hydrogen) atoms. The molecule has 1 N–H and O–H groups in total. The molecule has 4 nitrogen and oxygen atoms in total. The molecule has 0 aliphatic carbocycles. The second kappa shape index (κ2) is 7.82. The van der Waals surface area contributed by atoms with Gasteiger partial charge in [-0.3, -0.25) is 0 Å². The van der Waals surface area contributed by atoms with Crippen LogP contribution in [0.4, 0.5) is 0 Å². The van der Waals surface area contributed by atoms with Gasteiger partial charge in [0.15, 0.2) is 0 Å². The van der Waals surface area contributed by atoms with Gasteiger partial charge in [0.05, 0.1) is 25.4 Å². The van der Waals surface area contributed by atoms with Crippen LogP contribution in [0.15, 0.2) is 30.3 Å². The Morgan fingerprint density at radius 2 is 2.05 bits per heavy atom. The summed E-state index contributed by atoms with van der Waals surface area (Å²) in [5.74, 6) is -0.953. The molecule has 0 spiro atoms. The summed E-state index contributed by atoms with van der Waals surface area (Å²) in [4.78, 5) is 10.5. The van der Waals surface area contributed by atoms with Crippen molar-refractivity contribution in [3.05, 3.63) is 41.5 Å². The smallest absolute Gasteiger partial charge is 0.328 e. The lowest BCUT2D eigenvalue weighted by Crippen LogP contribution is -2.21. The fourth-order valence-electron chi connectivity index (χ4n) is 1.55. The first-order valence-electron chi connectivity index (χ1n) is 6.58. The molecule has 0 fully saturated rings. The van der Waals surface area contributed by atoms with E-state index in [2.05, 4.69) is 0 Å². The van der Waals surface area contributed by atoms with Crippen molar-refractivity contribution in [2.45, 2.75) is 33.0 Å². The predicted octanol–water partition coefficient (Wildman–Crippen LogP) is 3.12. The second-order valence-corrected chi connectivity index (χ2v) is 5.43. The number of carboxylic acid groups (broad SMARTS) is 1. The Balaban J connectivity index is 2.37. The maximum atomic E-state index is 10.5. The van der Waals surface area contributed by atoms with Gasteiger partial charge in [-0.25, -0.2) is 4.79 Å². The van der Waals surface area contributed by atoms with E-state index in [-0.39, 0.29) is 5.60 Å². The van der Waals surface area contributed by atoms with Gasteiger partial charge in [-0.2, -0.15) is 0 Å². The number of hydrogen-bond donors (Lipinski definition) is 1. The maximum Gasteiger partial charge on any atom is 0.328 e. The third-order valence-electron chi connectivity index (χ3n) is 2.40. The highest BCUT2D eigenvalue weighted by molar-refractivity contribution is 5.85. The molecule has 0 saturated carbocycles. The molecule has 1 rings (SSSR count). The van der Waals surface area contributed by atoms with Crippen molar-refractivity contribution in [3.8, 4) is 0 Å². The highest BCUT2D eigenvalue weighted by atomic mass is 16.5. The Bertz CT molecular complexity index is 458. The number of carboxylic acids is 1. The van der Waals surface area contributed by atoms with Gasteiger partial charge in [-0.1, -0.05) is 18.2 Å². The molecule has 110 valence electrons. The summed E-state index contributed by atoms with van der Waals surface area (Å²) in [5.41, 5.74) is 1.71. The van der Waals surface area contributed by atoms with E-state index in [4.69, 9.17) is 14.6 Å². The molecule has 0 heterocycles. The third-order valence-corrected chi connectivity index (χ3v) is 2.40. The molecule has 0 radical (unpaired) electrons. The summed E-state index contributed by atoms with van der Waals surface area (Å²) >= 11 is 0. The fourth-order valence-corrected chi connectivity index (χ4v) is 1.55. The van der Waals surface area contributed by atoms with E-state index in [1.165, 1.54) is 0 Å². The molecule has 4 heteroatoms. The van der Waals surface area contributed by atoms with E-state index >= 15 is 0 Å². The minimum Gasteiger partial charge on any atom is -0.478 e. The van der Waals surface area contributed by atoms with E-state index < -0.39 is 5.97 Å². The van der Waals surface area contributed by atoms with Crippen LogP contribution in [0, 0.1) is 0 Å². The first-order valence-corrected chi connectivity index (χ1v) is 6.58. The van der Waals surface area contributed by atoms with Crippen LogP contribution in [-0.2, 0) is 20.9 Å². The zero-order valence-corrected chi connectivity index (χ0v) is 12.3. The number of ether oxygens (including phenoxy) is 2. The normalized spacial score (nSPS) is 11.9. The minimum absolute atomic E-state index is 0.148. The van der Waals surface area contributed by atoms with Crippen LogP contribution in [0.25, 0.3) is 6.08 Å². The Morgan fingerprint density at radius 1 is 1.30 bits per heavy atom. The molecule has 1 aromatic carbocycles. The van der Waals surface area contributed by atoms with Crippen LogP contribution in [0.2, 0.25) is 0 Å². The Hall–Kier alpha value is -1.65. The van der Waals surface area contributed by atoms with Gasteiger partial charge in [0, 0.05) is 6.08 Å². The molecular formula is C16H22O4. The molecule has 0 aliphatic rings. The van der Waals surface area contributed by atoms with Crippen molar-refractivity contribution in [3.63, 3.8) is 0 Å². The van der Waals surface area contributed by atoms with Gasteiger partial charge in [-0.15, -0.1) is 0 Å². The lowest BCUT2D eigenvalue weighted by atomic mass is 10.1. The molecule has 0 bridgehead atoms. The van der Waals surface area contributed by atoms with Gasteiger partial charge >= 0.3 is 5.97 Å². The molecule has 0 aliphatic heterocycles. The quantitative estimate of drug-likeness (QED) is 0.615. The average molecular weight is 278 g/mol. The maximum absolute atomic E-state index is 10.5. The Kier molecular flexibility index (Phi) is 6.42. The molecule has 0 saturated heterocycles. The number of rotatable bonds is 7. The van der Waals surface area contributed by atoms with Crippen LogP contribution in [0.3, 0.4) is 0 Å². The molecule has 0 atom stereocenters. The highest BCUT2D eigenvalue weighted by Crippen LogP contribution is 2.09. The van der Waals surface area contributed by atoms with E-state index in [9.17, 15) is 4.79 Å². The van der Waals surface area contributed by atoms with Crippen LogP contribution in [0.1, 0.15) is 31.9 Å². The molecule has 0 amide bonds. The second-order valence-electron chi connectivity index (χ2n) is 5.43.